The average Bonchev–Trinajstić information content (AvgIpc) is 2.36. The molecule has 0 spiro atoms. The van der Waals surface area contributed by atoms with Gasteiger partial charge in [0.2, 0.25) is 0 Å². The summed E-state index contributed by atoms with van der Waals surface area (Å²) < 4.78 is 0. The van der Waals surface area contributed by atoms with E-state index in [0.717, 1.165) is 43.1 Å². The quantitative estimate of drug-likeness (QED) is 0.735. The molecule has 1 aromatic rings. The van der Waals surface area contributed by atoms with E-state index in [0.29, 0.717) is 11.8 Å². The minimum absolute atomic E-state index is 0.473. The van der Waals surface area contributed by atoms with Crippen molar-refractivity contribution in [1.82, 2.24) is 15.3 Å². The Labute approximate surface area is 124 Å². The summed E-state index contributed by atoms with van der Waals surface area (Å²) in [6.45, 7) is 15.3. The Morgan fingerprint density at radius 3 is 2.15 bits per heavy atom. The van der Waals surface area contributed by atoms with Crippen molar-refractivity contribution < 1.29 is 0 Å². The molecule has 1 atom stereocenters. The van der Waals surface area contributed by atoms with Crippen LogP contribution >= 0.6 is 0 Å². The molecule has 0 saturated heterocycles. The second-order valence-corrected chi connectivity index (χ2v) is 6.26. The number of nitrogens with one attached hydrogen (secondary N) is 1. The second kappa shape index (κ2) is 8.35. The van der Waals surface area contributed by atoms with Crippen LogP contribution in [0.5, 0.6) is 0 Å². The molecule has 1 aromatic heterocycles. The number of hydrogen-bond acceptors (Lipinski definition) is 3. The number of nitrogens with zero attached hydrogens (tertiary/aromatic N) is 2. The maximum Gasteiger partial charge on any atom is 0.128 e. The van der Waals surface area contributed by atoms with Crippen molar-refractivity contribution in [2.24, 2.45) is 5.92 Å². The molecule has 20 heavy (non-hydrogen) atoms. The number of hydrogen-bond donors (Lipinski definition) is 1. The summed E-state index contributed by atoms with van der Waals surface area (Å²) in [5.41, 5.74) is 3.63. The van der Waals surface area contributed by atoms with E-state index in [-0.39, 0.29) is 0 Å². The largest absolute Gasteiger partial charge is 0.316 e. The molecule has 3 heteroatoms. The Morgan fingerprint density at radius 2 is 1.65 bits per heavy atom. The SMILES string of the molecule is CCCNCC(C)c1c(C)nc(CCC(C)C)nc1C. The van der Waals surface area contributed by atoms with E-state index >= 15 is 0 Å². The summed E-state index contributed by atoms with van der Waals surface area (Å²) in [6, 6.07) is 0. The fraction of sp³-hybridized carbons (Fsp3) is 0.765. The molecule has 0 aliphatic rings. The van der Waals surface area contributed by atoms with Crippen LogP contribution in [0, 0.1) is 19.8 Å². The van der Waals surface area contributed by atoms with Gasteiger partial charge in [-0.3, -0.25) is 0 Å². The molecule has 0 aliphatic heterocycles. The fourth-order valence-electron chi connectivity index (χ4n) is 2.63. The van der Waals surface area contributed by atoms with Crippen molar-refractivity contribution in [2.45, 2.75) is 66.7 Å². The molecule has 1 heterocycles. The van der Waals surface area contributed by atoms with Crippen molar-refractivity contribution in [1.29, 1.82) is 0 Å². The zero-order valence-electron chi connectivity index (χ0n) is 14.1. The summed E-state index contributed by atoms with van der Waals surface area (Å²) in [6.07, 6.45) is 3.32. The van der Waals surface area contributed by atoms with Crippen molar-refractivity contribution in [2.75, 3.05) is 13.1 Å². The standard InChI is InChI=1S/C17H31N3/c1-7-10-18-11-13(4)17-14(5)19-16(20-15(17)6)9-8-12(2)3/h12-13,18H,7-11H2,1-6H3. The molecule has 3 nitrogen and oxygen atoms in total. The third kappa shape index (κ3) is 5.20. The van der Waals surface area contributed by atoms with Crippen LogP contribution < -0.4 is 5.32 Å². The van der Waals surface area contributed by atoms with Crippen LogP contribution in [0.25, 0.3) is 0 Å². The summed E-state index contributed by atoms with van der Waals surface area (Å²) in [5, 5.41) is 3.49. The number of rotatable bonds is 8. The van der Waals surface area contributed by atoms with Crippen LogP contribution in [0.15, 0.2) is 0 Å². The van der Waals surface area contributed by atoms with Crippen LogP contribution in [-0.2, 0) is 6.42 Å². The maximum atomic E-state index is 4.72. The Hall–Kier alpha value is -0.960. The van der Waals surface area contributed by atoms with Gasteiger partial charge in [-0.25, -0.2) is 9.97 Å². The molecule has 0 fully saturated rings. The van der Waals surface area contributed by atoms with E-state index < -0.39 is 0 Å². The Kier molecular flexibility index (Phi) is 7.14. The predicted molar refractivity (Wildman–Crippen MR) is 86.2 cm³/mol. The van der Waals surface area contributed by atoms with Crippen LogP contribution in [-0.4, -0.2) is 23.1 Å². The summed E-state index contributed by atoms with van der Waals surface area (Å²) >= 11 is 0. The van der Waals surface area contributed by atoms with Crippen molar-refractivity contribution in [3.63, 3.8) is 0 Å². The lowest BCUT2D eigenvalue weighted by Crippen LogP contribution is -2.22. The minimum atomic E-state index is 0.473. The Balaban J connectivity index is 2.77. The van der Waals surface area contributed by atoms with E-state index in [9.17, 15) is 0 Å². The van der Waals surface area contributed by atoms with E-state index in [1.54, 1.807) is 0 Å². The van der Waals surface area contributed by atoms with Gasteiger partial charge in [0, 0.05) is 24.4 Å². The highest BCUT2D eigenvalue weighted by Gasteiger charge is 2.15. The predicted octanol–water partition coefficient (Wildman–Crippen LogP) is 3.79. The molecule has 0 amide bonds. The van der Waals surface area contributed by atoms with E-state index in [4.69, 9.17) is 9.97 Å². The first kappa shape index (κ1) is 17.1. The van der Waals surface area contributed by atoms with Crippen LogP contribution in [0.2, 0.25) is 0 Å². The maximum absolute atomic E-state index is 4.72. The number of aryl methyl sites for hydroxylation is 3. The minimum Gasteiger partial charge on any atom is -0.316 e. The smallest absolute Gasteiger partial charge is 0.128 e. The third-order valence-corrected chi connectivity index (χ3v) is 3.69. The third-order valence-electron chi connectivity index (χ3n) is 3.69. The highest BCUT2D eigenvalue weighted by Crippen LogP contribution is 2.21. The van der Waals surface area contributed by atoms with Crippen molar-refractivity contribution in [3.8, 4) is 0 Å². The van der Waals surface area contributed by atoms with E-state index in [2.05, 4.69) is 46.9 Å². The Morgan fingerprint density at radius 1 is 1.05 bits per heavy atom. The lowest BCUT2D eigenvalue weighted by Gasteiger charge is -2.18. The fourth-order valence-corrected chi connectivity index (χ4v) is 2.63. The lowest BCUT2D eigenvalue weighted by atomic mass is 9.97. The average molecular weight is 277 g/mol. The van der Waals surface area contributed by atoms with Crippen LogP contribution in [0.1, 0.15) is 69.2 Å². The van der Waals surface area contributed by atoms with Gasteiger partial charge in [-0.15, -0.1) is 0 Å². The summed E-state index contributed by atoms with van der Waals surface area (Å²) in [5.74, 6) is 2.18. The van der Waals surface area contributed by atoms with Crippen LogP contribution in [0.3, 0.4) is 0 Å². The van der Waals surface area contributed by atoms with E-state index in [1.807, 2.05) is 0 Å². The van der Waals surface area contributed by atoms with Crippen molar-refractivity contribution >= 4 is 0 Å². The first-order chi connectivity index (χ1) is 9.45. The molecule has 1 rings (SSSR count). The van der Waals surface area contributed by atoms with Crippen molar-refractivity contribution in [3.05, 3.63) is 22.8 Å². The van der Waals surface area contributed by atoms with Gasteiger partial charge >= 0.3 is 0 Å². The molecular formula is C17H31N3. The van der Waals surface area contributed by atoms with Gasteiger partial charge in [-0.1, -0.05) is 27.7 Å². The molecule has 1 unspecified atom stereocenters. The zero-order valence-corrected chi connectivity index (χ0v) is 14.1. The molecule has 0 saturated carbocycles. The van der Waals surface area contributed by atoms with Gasteiger partial charge in [-0.05, 0) is 50.6 Å². The van der Waals surface area contributed by atoms with Crippen LogP contribution in [0.4, 0.5) is 0 Å². The monoisotopic (exact) mass is 277 g/mol. The summed E-state index contributed by atoms with van der Waals surface area (Å²) in [4.78, 5) is 9.43. The first-order valence-corrected chi connectivity index (χ1v) is 8.00. The Bertz CT molecular complexity index is 390. The molecule has 1 N–H and O–H groups in total. The molecule has 0 aliphatic carbocycles. The van der Waals surface area contributed by atoms with Gasteiger partial charge < -0.3 is 5.32 Å². The van der Waals surface area contributed by atoms with Gasteiger partial charge in [0.05, 0.1) is 0 Å². The van der Waals surface area contributed by atoms with Gasteiger partial charge in [0.15, 0.2) is 0 Å². The number of aromatic nitrogens is 2. The second-order valence-electron chi connectivity index (χ2n) is 6.26. The van der Waals surface area contributed by atoms with E-state index in [1.165, 1.54) is 12.0 Å². The molecular weight excluding hydrogens is 246 g/mol. The molecule has 114 valence electrons. The molecule has 0 aromatic carbocycles. The van der Waals surface area contributed by atoms with Gasteiger partial charge in [-0.2, -0.15) is 0 Å². The topological polar surface area (TPSA) is 37.8 Å². The van der Waals surface area contributed by atoms with Gasteiger partial charge in [0.25, 0.3) is 0 Å². The first-order valence-electron chi connectivity index (χ1n) is 8.00. The summed E-state index contributed by atoms with van der Waals surface area (Å²) in [7, 11) is 0. The lowest BCUT2D eigenvalue weighted by molar-refractivity contribution is 0.568. The molecule has 0 radical (unpaired) electrons. The van der Waals surface area contributed by atoms with Gasteiger partial charge in [0.1, 0.15) is 5.82 Å². The zero-order chi connectivity index (χ0) is 15.1. The normalized spacial score (nSPS) is 12.9. The molecule has 0 bridgehead atoms. The highest BCUT2D eigenvalue weighted by molar-refractivity contribution is 5.28. The highest BCUT2D eigenvalue weighted by atomic mass is 14.9.